The molecule has 1 heterocycles. The van der Waals surface area contributed by atoms with Crippen molar-refractivity contribution in [2.45, 2.75) is 52.7 Å². The van der Waals surface area contributed by atoms with Crippen LogP contribution < -0.4 is 10.6 Å². The third-order valence-electron chi connectivity index (χ3n) is 6.14. The van der Waals surface area contributed by atoms with E-state index in [1.807, 2.05) is 26.0 Å². The van der Waals surface area contributed by atoms with Crippen LogP contribution in [0.3, 0.4) is 0 Å². The number of piperazine rings is 1. The molecule has 2 aromatic rings. The molecule has 4 rings (SSSR count). The van der Waals surface area contributed by atoms with Gasteiger partial charge in [-0.2, -0.15) is 0 Å². The van der Waals surface area contributed by atoms with E-state index in [9.17, 15) is 5.11 Å². The van der Waals surface area contributed by atoms with Gasteiger partial charge < -0.3 is 15.7 Å². The molecule has 0 amide bonds. The maximum atomic E-state index is 10.7. The molecule has 0 bridgehead atoms. The molecule has 1 aliphatic carbocycles. The number of hydrogen-bond acceptors (Lipinski definition) is 4. The van der Waals surface area contributed by atoms with Gasteiger partial charge in [-0.05, 0) is 60.7 Å². The first-order valence-corrected chi connectivity index (χ1v) is 10.6. The van der Waals surface area contributed by atoms with Crippen LogP contribution in [0.15, 0.2) is 36.4 Å². The van der Waals surface area contributed by atoms with Crippen LogP contribution in [0, 0.1) is 13.8 Å². The Morgan fingerprint density at radius 2 is 1.64 bits per heavy atom. The minimum atomic E-state index is -0.269. The Morgan fingerprint density at radius 1 is 0.929 bits per heavy atom. The van der Waals surface area contributed by atoms with E-state index in [1.165, 1.54) is 27.9 Å². The molecule has 4 heteroatoms. The highest BCUT2D eigenvalue weighted by atomic mass is 16.3. The monoisotopic (exact) mass is 381 g/mol. The fourth-order valence-electron chi connectivity index (χ4n) is 4.65. The maximum Gasteiger partial charge on any atom is 0.0739 e. The third kappa shape index (κ3) is 4.18. The topological polar surface area (TPSA) is 52.7 Å². The zero-order valence-electron chi connectivity index (χ0n) is 17.8. The lowest BCUT2D eigenvalue weighted by molar-refractivity contribution is 0.0394. The number of aliphatic hydroxyl groups excluding tert-OH is 1. The van der Waals surface area contributed by atoms with Crippen LogP contribution in [0.4, 0.5) is 11.4 Å². The molecule has 0 spiro atoms. The van der Waals surface area contributed by atoms with Crippen LogP contribution in [-0.2, 0) is 12.8 Å². The first-order valence-electron chi connectivity index (χ1n) is 10.6. The Morgan fingerprint density at radius 3 is 2.32 bits per heavy atom. The number of nitrogens with zero attached hydrogens (tertiary/aromatic N) is 2. The van der Waals surface area contributed by atoms with Crippen molar-refractivity contribution in [1.82, 2.24) is 4.90 Å². The molecule has 3 N–H and O–H groups in total. The van der Waals surface area contributed by atoms with E-state index in [2.05, 4.69) is 47.9 Å². The minimum Gasteiger partial charge on any atom is -0.399 e. The predicted octanol–water partition coefficient (Wildman–Crippen LogP) is 3.56. The summed E-state index contributed by atoms with van der Waals surface area (Å²) in [7, 11) is 0. The number of aliphatic hydroxyl groups is 1. The smallest absolute Gasteiger partial charge is 0.0739 e. The van der Waals surface area contributed by atoms with E-state index in [0.29, 0.717) is 0 Å². The zero-order chi connectivity index (χ0) is 20.3. The standard InChI is InChI=1S/C22H29N3O.C2H6/c1-15-4-3-5-17-13-22(26)21(14-19(15)17)25-10-8-24(9-11-25)20-7-6-18(23)12-16(20)2;1-2/h3-7,12,21-22,26H,8-11,13-14,23H2,1-2H3;1-2H3. The van der Waals surface area contributed by atoms with Gasteiger partial charge in [-0.1, -0.05) is 32.0 Å². The molecular weight excluding hydrogens is 346 g/mol. The third-order valence-corrected chi connectivity index (χ3v) is 6.14. The highest BCUT2D eigenvalue weighted by Crippen LogP contribution is 2.29. The second-order valence-corrected chi connectivity index (χ2v) is 7.82. The predicted molar refractivity (Wildman–Crippen MR) is 119 cm³/mol. The van der Waals surface area contributed by atoms with E-state index >= 15 is 0 Å². The molecule has 2 aromatic carbocycles. The molecule has 1 saturated heterocycles. The number of aryl methyl sites for hydroxylation is 2. The first-order chi connectivity index (χ1) is 13.5. The van der Waals surface area contributed by atoms with E-state index < -0.39 is 0 Å². The molecule has 2 unspecified atom stereocenters. The second kappa shape index (κ2) is 8.97. The van der Waals surface area contributed by atoms with Gasteiger partial charge in [-0.15, -0.1) is 0 Å². The van der Waals surface area contributed by atoms with Crippen LogP contribution in [-0.4, -0.2) is 48.3 Å². The molecule has 2 atom stereocenters. The molecule has 2 aliphatic rings. The Bertz CT molecular complexity index is 796. The van der Waals surface area contributed by atoms with Crippen molar-refractivity contribution in [3.05, 3.63) is 58.7 Å². The molecule has 1 aliphatic heterocycles. The molecule has 28 heavy (non-hydrogen) atoms. The number of benzene rings is 2. The number of rotatable bonds is 2. The summed E-state index contributed by atoms with van der Waals surface area (Å²) in [5.41, 5.74) is 13.4. The van der Waals surface area contributed by atoms with Crippen LogP contribution in [0.2, 0.25) is 0 Å². The van der Waals surface area contributed by atoms with Crippen LogP contribution in [0.5, 0.6) is 0 Å². The SMILES string of the molecule is CC.Cc1cc(N)ccc1N1CCN(C2Cc3c(C)cccc3CC2O)CC1. The van der Waals surface area contributed by atoms with E-state index in [-0.39, 0.29) is 12.1 Å². The van der Waals surface area contributed by atoms with Gasteiger partial charge in [-0.25, -0.2) is 0 Å². The average Bonchev–Trinajstić information content (AvgIpc) is 2.70. The van der Waals surface area contributed by atoms with Crippen molar-refractivity contribution in [2.75, 3.05) is 36.8 Å². The maximum absolute atomic E-state index is 10.7. The highest BCUT2D eigenvalue weighted by molar-refractivity contribution is 5.59. The van der Waals surface area contributed by atoms with Crippen molar-refractivity contribution >= 4 is 11.4 Å². The largest absolute Gasteiger partial charge is 0.399 e. The van der Waals surface area contributed by atoms with Gasteiger partial charge in [0.25, 0.3) is 0 Å². The summed E-state index contributed by atoms with van der Waals surface area (Å²) >= 11 is 0. The van der Waals surface area contributed by atoms with E-state index in [1.54, 1.807) is 0 Å². The lowest BCUT2D eigenvalue weighted by Gasteiger charge is -2.44. The van der Waals surface area contributed by atoms with Crippen molar-refractivity contribution in [1.29, 1.82) is 0 Å². The molecule has 0 aromatic heterocycles. The van der Waals surface area contributed by atoms with Crippen molar-refractivity contribution in [3.8, 4) is 0 Å². The molecule has 0 saturated carbocycles. The fourth-order valence-corrected chi connectivity index (χ4v) is 4.65. The summed E-state index contributed by atoms with van der Waals surface area (Å²) in [6, 6.07) is 12.9. The number of nitrogens with two attached hydrogens (primary N) is 1. The summed E-state index contributed by atoms with van der Waals surface area (Å²) in [6.45, 7) is 12.3. The lowest BCUT2D eigenvalue weighted by atomic mass is 9.83. The molecular formula is C24H35N3O. The van der Waals surface area contributed by atoms with Crippen LogP contribution in [0.25, 0.3) is 0 Å². The van der Waals surface area contributed by atoms with Gasteiger partial charge in [0.1, 0.15) is 0 Å². The van der Waals surface area contributed by atoms with E-state index in [0.717, 1.165) is 44.7 Å². The number of nitrogen functional groups attached to an aromatic ring is 1. The average molecular weight is 382 g/mol. The quantitative estimate of drug-likeness (QED) is 0.781. The summed E-state index contributed by atoms with van der Waals surface area (Å²) in [5, 5.41) is 10.7. The van der Waals surface area contributed by atoms with Gasteiger partial charge >= 0.3 is 0 Å². The number of anilines is 2. The normalized spacial score (nSPS) is 22.2. The van der Waals surface area contributed by atoms with Gasteiger partial charge in [0.05, 0.1) is 6.10 Å². The Balaban J connectivity index is 0.00000109. The fraction of sp³-hybridized carbons (Fsp3) is 0.500. The van der Waals surface area contributed by atoms with Crippen molar-refractivity contribution in [2.24, 2.45) is 0 Å². The Kier molecular flexibility index (Phi) is 6.63. The highest BCUT2D eigenvalue weighted by Gasteiger charge is 2.33. The van der Waals surface area contributed by atoms with Gasteiger partial charge in [0.15, 0.2) is 0 Å². The second-order valence-electron chi connectivity index (χ2n) is 7.82. The van der Waals surface area contributed by atoms with Crippen molar-refractivity contribution in [3.63, 3.8) is 0 Å². The molecule has 1 fully saturated rings. The Hall–Kier alpha value is -2.04. The number of hydrogen-bond donors (Lipinski definition) is 2. The van der Waals surface area contributed by atoms with E-state index in [4.69, 9.17) is 5.73 Å². The lowest BCUT2D eigenvalue weighted by Crippen LogP contribution is -2.56. The summed E-state index contributed by atoms with van der Waals surface area (Å²) in [6.07, 6.45) is 1.47. The van der Waals surface area contributed by atoms with Crippen LogP contribution >= 0.6 is 0 Å². The van der Waals surface area contributed by atoms with Crippen LogP contribution in [0.1, 0.15) is 36.1 Å². The summed E-state index contributed by atoms with van der Waals surface area (Å²) < 4.78 is 0. The molecule has 0 radical (unpaired) electrons. The summed E-state index contributed by atoms with van der Waals surface area (Å²) in [4.78, 5) is 4.93. The molecule has 152 valence electrons. The first kappa shape index (κ1) is 20.7. The number of fused-ring (bicyclic) bond motifs is 1. The van der Waals surface area contributed by atoms with Gasteiger partial charge in [-0.3, -0.25) is 4.90 Å². The van der Waals surface area contributed by atoms with Gasteiger partial charge in [0.2, 0.25) is 0 Å². The Labute approximate surface area is 170 Å². The molecule has 4 nitrogen and oxygen atoms in total. The zero-order valence-corrected chi connectivity index (χ0v) is 17.8. The summed E-state index contributed by atoms with van der Waals surface area (Å²) in [5.74, 6) is 0. The minimum absolute atomic E-state index is 0.235. The van der Waals surface area contributed by atoms with Crippen molar-refractivity contribution < 1.29 is 5.11 Å². The van der Waals surface area contributed by atoms with Gasteiger partial charge in [0, 0.05) is 50.0 Å².